The van der Waals surface area contributed by atoms with Crippen LogP contribution in [0, 0.1) is 15.9 Å². The third kappa shape index (κ3) is 2.62. The van der Waals surface area contributed by atoms with Crippen LogP contribution < -0.4 is 5.32 Å². The summed E-state index contributed by atoms with van der Waals surface area (Å²) < 4.78 is 13.7. The van der Waals surface area contributed by atoms with E-state index in [1.54, 1.807) is 0 Å². The lowest BCUT2D eigenvalue weighted by atomic mass is 10.1. The second kappa shape index (κ2) is 5.34. The number of nitrogens with one attached hydrogen (secondary N) is 1. The van der Waals surface area contributed by atoms with Gasteiger partial charge in [-0.15, -0.1) is 0 Å². The highest BCUT2D eigenvalue weighted by molar-refractivity contribution is 5.70. The van der Waals surface area contributed by atoms with Crippen molar-refractivity contribution in [3.05, 3.63) is 40.6 Å². The molecule has 2 aromatic heterocycles. The summed E-state index contributed by atoms with van der Waals surface area (Å²) in [4.78, 5) is 21.7. The van der Waals surface area contributed by atoms with Gasteiger partial charge < -0.3 is 5.32 Å². The Kier molecular flexibility index (Phi) is 3.60. The van der Waals surface area contributed by atoms with Crippen molar-refractivity contribution < 1.29 is 9.31 Å². The fourth-order valence-electron chi connectivity index (χ4n) is 1.52. The lowest BCUT2D eigenvalue weighted by molar-refractivity contribution is -0.384. The van der Waals surface area contributed by atoms with E-state index in [1.165, 1.54) is 12.3 Å². The fourth-order valence-corrected chi connectivity index (χ4v) is 1.52. The highest BCUT2D eigenvalue weighted by atomic mass is 19.1. The first kappa shape index (κ1) is 12.8. The van der Waals surface area contributed by atoms with E-state index in [4.69, 9.17) is 0 Å². The molecule has 8 heteroatoms. The van der Waals surface area contributed by atoms with Gasteiger partial charge in [-0.05, 0) is 13.0 Å². The topological polar surface area (TPSA) is 93.8 Å². The molecule has 2 heterocycles. The lowest BCUT2D eigenvalue weighted by Crippen LogP contribution is -2.05. The summed E-state index contributed by atoms with van der Waals surface area (Å²) in [7, 11) is 0. The summed E-state index contributed by atoms with van der Waals surface area (Å²) in [6.45, 7) is 2.38. The molecule has 0 saturated heterocycles. The van der Waals surface area contributed by atoms with Crippen LogP contribution in [0.2, 0.25) is 0 Å². The molecule has 19 heavy (non-hydrogen) atoms. The van der Waals surface area contributed by atoms with Crippen molar-refractivity contribution in [2.24, 2.45) is 0 Å². The molecule has 0 spiro atoms. The largest absolute Gasteiger partial charge is 0.354 e. The van der Waals surface area contributed by atoms with E-state index in [2.05, 4.69) is 20.3 Å². The first-order valence-corrected chi connectivity index (χ1v) is 5.48. The fraction of sp³-hybridized carbons (Fsp3) is 0.182. The standard InChI is InChI=1S/C11H10FN5O2/c1-2-14-11-15-6-9(17(18)19)10(16-11)7-3-4-13-5-8(7)12/h3-6H,2H2,1H3,(H,14,15,16). The number of nitrogens with zero attached hydrogens (tertiary/aromatic N) is 4. The average Bonchev–Trinajstić information content (AvgIpc) is 2.39. The van der Waals surface area contributed by atoms with E-state index in [-0.39, 0.29) is 22.9 Å². The Morgan fingerprint density at radius 2 is 2.26 bits per heavy atom. The van der Waals surface area contributed by atoms with Crippen molar-refractivity contribution in [2.75, 3.05) is 11.9 Å². The van der Waals surface area contributed by atoms with E-state index < -0.39 is 10.7 Å². The van der Waals surface area contributed by atoms with Gasteiger partial charge in [-0.1, -0.05) is 0 Å². The second-order valence-corrected chi connectivity index (χ2v) is 3.57. The van der Waals surface area contributed by atoms with Gasteiger partial charge in [0.1, 0.15) is 6.20 Å². The Morgan fingerprint density at radius 3 is 2.89 bits per heavy atom. The van der Waals surface area contributed by atoms with Crippen LogP contribution in [0.1, 0.15) is 6.92 Å². The first-order chi connectivity index (χ1) is 9.13. The van der Waals surface area contributed by atoms with Gasteiger partial charge in [0.2, 0.25) is 5.95 Å². The van der Waals surface area contributed by atoms with Crippen LogP contribution in [0.4, 0.5) is 16.0 Å². The molecule has 0 fully saturated rings. The SMILES string of the molecule is CCNc1ncc([N+](=O)[O-])c(-c2ccncc2F)n1. The molecule has 98 valence electrons. The first-order valence-electron chi connectivity index (χ1n) is 5.48. The molecule has 0 amide bonds. The van der Waals surface area contributed by atoms with Gasteiger partial charge in [-0.3, -0.25) is 15.1 Å². The van der Waals surface area contributed by atoms with Crippen molar-refractivity contribution in [1.29, 1.82) is 0 Å². The van der Waals surface area contributed by atoms with Gasteiger partial charge in [-0.25, -0.2) is 14.4 Å². The zero-order chi connectivity index (χ0) is 13.8. The minimum atomic E-state index is -0.674. The van der Waals surface area contributed by atoms with Crippen molar-refractivity contribution in [1.82, 2.24) is 15.0 Å². The third-order valence-corrected chi connectivity index (χ3v) is 2.33. The molecule has 2 rings (SSSR count). The number of nitro groups is 1. The number of rotatable bonds is 4. The van der Waals surface area contributed by atoms with Gasteiger partial charge in [0.15, 0.2) is 11.5 Å². The predicted molar refractivity (Wildman–Crippen MR) is 66.0 cm³/mol. The average molecular weight is 263 g/mol. The maximum Gasteiger partial charge on any atom is 0.313 e. The molecule has 0 saturated carbocycles. The van der Waals surface area contributed by atoms with Crippen LogP contribution in [0.25, 0.3) is 11.3 Å². The van der Waals surface area contributed by atoms with Crippen LogP contribution in [0.3, 0.4) is 0 Å². The summed E-state index contributed by atoms with van der Waals surface area (Å²) in [5.41, 5.74) is -0.411. The number of halogens is 1. The molecule has 0 aliphatic carbocycles. The maximum atomic E-state index is 13.7. The third-order valence-electron chi connectivity index (χ3n) is 2.33. The molecule has 0 aliphatic rings. The Labute approximate surface area is 107 Å². The summed E-state index contributed by atoms with van der Waals surface area (Å²) in [6.07, 6.45) is 3.38. The molecule has 7 nitrogen and oxygen atoms in total. The molecule has 1 N–H and O–H groups in total. The van der Waals surface area contributed by atoms with Crippen LogP contribution in [0.15, 0.2) is 24.7 Å². The maximum absolute atomic E-state index is 13.7. The monoisotopic (exact) mass is 263 g/mol. The molecule has 2 aromatic rings. The zero-order valence-electron chi connectivity index (χ0n) is 10.00. The number of hydrogen-bond donors (Lipinski definition) is 1. The molecule has 0 bridgehead atoms. The van der Waals surface area contributed by atoms with Crippen LogP contribution in [0.5, 0.6) is 0 Å². The van der Waals surface area contributed by atoms with Crippen molar-refractivity contribution in [3.8, 4) is 11.3 Å². The Morgan fingerprint density at radius 1 is 1.47 bits per heavy atom. The van der Waals surface area contributed by atoms with E-state index >= 15 is 0 Å². The van der Waals surface area contributed by atoms with Crippen LogP contribution in [-0.2, 0) is 0 Å². The van der Waals surface area contributed by atoms with E-state index in [9.17, 15) is 14.5 Å². The Bertz CT molecular complexity index is 620. The molecule has 0 unspecified atom stereocenters. The molecule has 0 aromatic carbocycles. The highest BCUT2D eigenvalue weighted by Gasteiger charge is 2.21. The molecular formula is C11H10FN5O2. The Balaban J connectivity index is 2.61. The van der Waals surface area contributed by atoms with Crippen LogP contribution in [-0.4, -0.2) is 26.4 Å². The van der Waals surface area contributed by atoms with Gasteiger partial charge in [0, 0.05) is 18.3 Å². The highest BCUT2D eigenvalue weighted by Crippen LogP contribution is 2.29. The zero-order valence-corrected chi connectivity index (χ0v) is 10.00. The van der Waals surface area contributed by atoms with Gasteiger partial charge in [0.25, 0.3) is 0 Å². The van der Waals surface area contributed by atoms with Crippen LogP contribution >= 0.6 is 0 Å². The second-order valence-electron chi connectivity index (χ2n) is 3.57. The summed E-state index contributed by atoms with van der Waals surface area (Å²) in [5, 5.41) is 13.8. The molecule has 0 radical (unpaired) electrons. The predicted octanol–water partition coefficient (Wildman–Crippen LogP) is 2.02. The number of aromatic nitrogens is 3. The van der Waals surface area contributed by atoms with E-state index in [1.807, 2.05) is 6.92 Å². The smallest absolute Gasteiger partial charge is 0.313 e. The quantitative estimate of drug-likeness (QED) is 0.669. The summed E-state index contributed by atoms with van der Waals surface area (Å²) in [5.74, 6) is -0.467. The van der Waals surface area contributed by atoms with Crippen molar-refractivity contribution >= 4 is 11.6 Å². The number of pyridine rings is 1. The molecule has 0 atom stereocenters. The normalized spacial score (nSPS) is 10.2. The van der Waals surface area contributed by atoms with E-state index in [0.717, 1.165) is 12.4 Å². The summed E-state index contributed by atoms with van der Waals surface area (Å²) >= 11 is 0. The van der Waals surface area contributed by atoms with E-state index in [0.29, 0.717) is 6.54 Å². The van der Waals surface area contributed by atoms with Gasteiger partial charge in [0.05, 0.1) is 11.1 Å². The number of hydrogen-bond acceptors (Lipinski definition) is 6. The van der Waals surface area contributed by atoms with Crippen molar-refractivity contribution in [3.63, 3.8) is 0 Å². The lowest BCUT2D eigenvalue weighted by Gasteiger charge is -2.06. The molecular weight excluding hydrogens is 253 g/mol. The minimum absolute atomic E-state index is 0.0169. The number of anilines is 1. The van der Waals surface area contributed by atoms with Gasteiger partial charge in [-0.2, -0.15) is 0 Å². The van der Waals surface area contributed by atoms with Crippen molar-refractivity contribution in [2.45, 2.75) is 6.92 Å². The summed E-state index contributed by atoms with van der Waals surface area (Å²) in [6, 6.07) is 1.33. The Hall–Kier alpha value is -2.64. The minimum Gasteiger partial charge on any atom is -0.354 e. The van der Waals surface area contributed by atoms with Gasteiger partial charge >= 0.3 is 5.69 Å². The molecule has 0 aliphatic heterocycles.